The number of aromatic amines is 1. The molecule has 1 aliphatic heterocycles. The lowest BCUT2D eigenvalue weighted by molar-refractivity contribution is -0.108. The minimum absolute atomic E-state index is 0.517. The summed E-state index contributed by atoms with van der Waals surface area (Å²) >= 11 is 0. The quantitative estimate of drug-likeness (QED) is 0.835. The first-order valence-electron chi connectivity index (χ1n) is 5.68. The van der Waals surface area contributed by atoms with E-state index in [2.05, 4.69) is 9.98 Å². The number of carbonyl (C=O) groups is 1. The summed E-state index contributed by atoms with van der Waals surface area (Å²) in [6.07, 6.45) is 2.58. The molecule has 0 radical (unpaired) electrons. The third-order valence-corrected chi connectivity index (χ3v) is 3.02. The zero-order chi connectivity index (χ0) is 12.5. The molecule has 2 heterocycles. The maximum Gasteiger partial charge on any atom is 0.163 e. The summed E-state index contributed by atoms with van der Waals surface area (Å²) in [5.41, 5.74) is 2.70. The van der Waals surface area contributed by atoms with Crippen molar-refractivity contribution in [1.29, 1.82) is 0 Å². The average Bonchev–Trinajstić information content (AvgIpc) is 3.01. The molecule has 0 aliphatic carbocycles. The Labute approximate surface area is 104 Å². The number of methoxy groups -OCH3 is 1. The van der Waals surface area contributed by atoms with E-state index in [1.807, 2.05) is 30.3 Å². The van der Waals surface area contributed by atoms with Gasteiger partial charge in [0.1, 0.15) is 5.76 Å². The van der Waals surface area contributed by atoms with E-state index in [9.17, 15) is 4.79 Å². The van der Waals surface area contributed by atoms with Crippen molar-refractivity contribution in [1.82, 2.24) is 4.98 Å². The van der Waals surface area contributed by atoms with Gasteiger partial charge in [-0.2, -0.15) is 0 Å². The third-order valence-electron chi connectivity index (χ3n) is 3.02. The fraction of sp³-hybridized carbons (Fsp3) is 0.143. The topological polar surface area (TPSA) is 54.4 Å². The van der Waals surface area contributed by atoms with E-state index in [1.54, 1.807) is 13.2 Å². The van der Waals surface area contributed by atoms with E-state index in [0.29, 0.717) is 5.76 Å². The summed E-state index contributed by atoms with van der Waals surface area (Å²) in [7, 11) is 1.55. The Bertz CT molecular complexity index is 634. The molecule has 0 spiro atoms. The van der Waals surface area contributed by atoms with Crippen LogP contribution in [0.2, 0.25) is 0 Å². The molecule has 0 fully saturated rings. The van der Waals surface area contributed by atoms with E-state index >= 15 is 0 Å². The molecule has 0 amide bonds. The highest BCUT2D eigenvalue weighted by Crippen LogP contribution is 2.21. The minimum Gasteiger partial charge on any atom is -0.498 e. The molecular formula is C14H12N2O2. The number of H-pyrrole nitrogens is 1. The summed E-state index contributed by atoms with van der Waals surface area (Å²) < 4.78 is 5.14. The molecular weight excluding hydrogens is 228 g/mol. The predicted molar refractivity (Wildman–Crippen MR) is 69.8 cm³/mol. The van der Waals surface area contributed by atoms with E-state index in [-0.39, 0.29) is 0 Å². The van der Waals surface area contributed by atoms with Gasteiger partial charge in [0.25, 0.3) is 0 Å². The number of rotatable bonds is 3. The maximum absolute atomic E-state index is 10.9. The van der Waals surface area contributed by atoms with Gasteiger partial charge in [-0.25, -0.2) is 0 Å². The first kappa shape index (κ1) is 10.8. The monoisotopic (exact) mass is 240 g/mol. The molecule has 0 bridgehead atoms. The molecule has 1 aromatic heterocycles. The lowest BCUT2D eigenvalue weighted by Gasteiger charge is -2.01. The zero-order valence-corrected chi connectivity index (χ0v) is 9.88. The van der Waals surface area contributed by atoms with Crippen molar-refractivity contribution in [2.75, 3.05) is 7.11 Å². The highest BCUT2D eigenvalue weighted by atomic mass is 16.5. The number of hydrogen-bond donors (Lipinski definition) is 1. The van der Waals surface area contributed by atoms with Crippen molar-refractivity contribution in [2.24, 2.45) is 4.99 Å². The molecule has 1 aromatic carbocycles. The molecule has 0 saturated heterocycles. The number of carbonyl (C=O) groups excluding carboxylic acids is 1. The van der Waals surface area contributed by atoms with Gasteiger partial charge in [0, 0.05) is 17.0 Å². The Morgan fingerprint density at radius 3 is 2.89 bits per heavy atom. The number of fused-ring (bicyclic) bond motifs is 1. The second-order valence-electron chi connectivity index (χ2n) is 4.12. The van der Waals surface area contributed by atoms with E-state index in [0.717, 1.165) is 28.6 Å². The number of nitrogens with one attached hydrogen (secondary N) is 1. The first-order valence-corrected chi connectivity index (χ1v) is 5.68. The largest absolute Gasteiger partial charge is 0.498 e. The van der Waals surface area contributed by atoms with Crippen molar-refractivity contribution in [3.8, 4) is 0 Å². The van der Waals surface area contributed by atoms with Crippen LogP contribution >= 0.6 is 0 Å². The molecule has 1 aliphatic rings. The molecule has 0 saturated carbocycles. The van der Waals surface area contributed by atoms with Gasteiger partial charge < -0.3 is 14.5 Å². The number of aliphatic imine (C=N–C) groups is 1. The van der Waals surface area contributed by atoms with Crippen molar-refractivity contribution in [3.05, 3.63) is 47.9 Å². The molecule has 3 rings (SSSR count). The van der Waals surface area contributed by atoms with Gasteiger partial charge in [-0.15, -0.1) is 0 Å². The van der Waals surface area contributed by atoms with Crippen LogP contribution in [0.1, 0.15) is 5.69 Å². The Morgan fingerprint density at radius 1 is 1.39 bits per heavy atom. The number of nitrogens with zero attached hydrogens (tertiary/aromatic N) is 1. The van der Waals surface area contributed by atoms with E-state index in [1.165, 1.54) is 0 Å². The second-order valence-corrected chi connectivity index (χ2v) is 4.12. The van der Waals surface area contributed by atoms with Crippen LogP contribution in [0, 0.1) is 0 Å². The number of hydrogen-bond acceptors (Lipinski definition) is 3. The van der Waals surface area contributed by atoms with Crippen LogP contribution in [0.5, 0.6) is 0 Å². The fourth-order valence-corrected chi connectivity index (χ4v) is 2.11. The molecule has 1 N–H and O–H groups in total. The van der Waals surface area contributed by atoms with Crippen LogP contribution in [0.15, 0.2) is 47.2 Å². The Balaban J connectivity index is 2.05. The molecule has 2 aromatic rings. The van der Waals surface area contributed by atoms with E-state index in [4.69, 9.17) is 4.74 Å². The van der Waals surface area contributed by atoms with Crippen molar-refractivity contribution in [2.45, 2.75) is 6.04 Å². The number of ether oxygens (including phenoxy) is 1. The highest BCUT2D eigenvalue weighted by Gasteiger charge is 2.22. The predicted octanol–water partition coefficient (Wildman–Crippen LogP) is 2.07. The van der Waals surface area contributed by atoms with Crippen LogP contribution in [-0.2, 0) is 9.53 Å². The van der Waals surface area contributed by atoms with Crippen molar-refractivity contribution >= 4 is 22.9 Å². The van der Waals surface area contributed by atoms with E-state index < -0.39 is 6.04 Å². The zero-order valence-electron chi connectivity index (χ0n) is 9.88. The molecule has 1 unspecified atom stereocenters. The summed E-state index contributed by atoms with van der Waals surface area (Å²) in [5, 5.41) is 1.12. The number of aromatic nitrogens is 1. The van der Waals surface area contributed by atoms with Gasteiger partial charge in [0.05, 0.1) is 18.5 Å². The molecule has 4 heteroatoms. The smallest absolute Gasteiger partial charge is 0.163 e. The average molecular weight is 240 g/mol. The number of allylic oxidation sites excluding steroid dienone is 1. The minimum atomic E-state index is -0.517. The number of aldehydes is 1. The van der Waals surface area contributed by atoms with Gasteiger partial charge in [0.15, 0.2) is 12.3 Å². The van der Waals surface area contributed by atoms with Crippen LogP contribution < -0.4 is 0 Å². The van der Waals surface area contributed by atoms with Crippen molar-refractivity contribution < 1.29 is 9.53 Å². The Hall–Kier alpha value is -2.36. The summed E-state index contributed by atoms with van der Waals surface area (Å²) in [5.74, 6) is 0.582. The van der Waals surface area contributed by atoms with Gasteiger partial charge >= 0.3 is 0 Å². The Morgan fingerprint density at radius 2 is 2.22 bits per heavy atom. The summed E-state index contributed by atoms with van der Waals surface area (Å²) in [4.78, 5) is 18.5. The maximum atomic E-state index is 10.9. The SMILES string of the molecule is COC1=CC(c2cc3ccccc3[nH]2)=NC1C=O. The molecule has 1 atom stereocenters. The molecule has 4 nitrogen and oxygen atoms in total. The lowest BCUT2D eigenvalue weighted by Crippen LogP contribution is -2.07. The highest BCUT2D eigenvalue weighted by molar-refractivity contribution is 6.12. The summed E-state index contributed by atoms with van der Waals surface area (Å²) in [6.45, 7) is 0. The fourth-order valence-electron chi connectivity index (χ4n) is 2.11. The first-order chi connectivity index (χ1) is 8.81. The molecule has 18 heavy (non-hydrogen) atoms. The van der Waals surface area contributed by atoms with Crippen LogP contribution in [0.4, 0.5) is 0 Å². The normalized spacial score (nSPS) is 18.6. The van der Waals surface area contributed by atoms with Crippen LogP contribution in [-0.4, -0.2) is 30.1 Å². The number of benzene rings is 1. The lowest BCUT2D eigenvalue weighted by atomic mass is 10.2. The standard InChI is InChI=1S/C14H12N2O2/c1-18-14-7-12(16-13(14)8-17)11-6-9-4-2-3-5-10(9)15-11/h2-8,13,15H,1H3. The summed E-state index contributed by atoms with van der Waals surface area (Å²) in [6, 6.07) is 9.50. The van der Waals surface area contributed by atoms with Gasteiger partial charge in [0.2, 0.25) is 0 Å². The van der Waals surface area contributed by atoms with Gasteiger partial charge in [-0.05, 0) is 12.1 Å². The third kappa shape index (κ3) is 1.62. The molecule has 90 valence electrons. The number of para-hydroxylation sites is 1. The van der Waals surface area contributed by atoms with Crippen LogP contribution in [0.3, 0.4) is 0 Å². The van der Waals surface area contributed by atoms with Gasteiger partial charge in [-0.3, -0.25) is 4.99 Å². The van der Waals surface area contributed by atoms with Gasteiger partial charge in [-0.1, -0.05) is 18.2 Å². The van der Waals surface area contributed by atoms with Crippen LogP contribution in [0.25, 0.3) is 10.9 Å². The Kier molecular flexibility index (Phi) is 2.48. The van der Waals surface area contributed by atoms with Crippen molar-refractivity contribution in [3.63, 3.8) is 0 Å². The second kappa shape index (κ2) is 4.14.